The van der Waals surface area contributed by atoms with Crippen LogP contribution in [0.25, 0.3) is 11.4 Å². The van der Waals surface area contributed by atoms with Gasteiger partial charge in [0.15, 0.2) is 5.82 Å². The Morgan fingerprint density at radius 1 is 1.36 bits per heavy atom. The van der Waals surface area contributed by atoms with Crippen LogP contribution in [0.4, 0.5) is 23.4 Å². The van der Waals surface area contributed by atoms with E-state index >= 15 is 0 Å². The van der Waals surface area contributed by atoms with Gasteiger partial charge in [0.05, 0.1) is 0 Å². The zero-order chi connectivity index (χ0) is 18.2. The van der Waals surface area contributed by atoms with Crippen molar-refractivity contribution in [3.05, 3.63) is 39.7 Å². The third kappa shape index (κ3) is 3.74. The SMILES string of the molecule is O=c1[nH]c(-c2ccnc(F)c2)nc(N2CCN[C@@H](C(F)(F)F)C2)c1Cl. The highest BCUT2D eigenvalue weighted by Crippen LogP contribution is 2.28. The third-order valence-corrected chi connectivity index (χ3v) is 4.06. The number of aromatic amines is 1. The molecule has 2 aromatic heterocycles. The van der Waals surface area contributed by atoms with Crippen molar-refractivity contribution >= 4 is 17.4 Å². The summed E-state index contributed by atoms with van der Waals surface area (Å²) in [6.07, 6.45) is -3.26. The van der Waals surface area contributed by atoms with Crippen molar-refractivity contribution in [2.45, 2.75) is 12.2 Å². The summed E-state index contributed by atoms with van der Waals surface area (Å²) in [4.78, 5) is 23.2. The van der Waals surface area contributed by atoms with Gasteiger partial charge in [-0.05, 0) is 6.07 Å². The van der Waals surface area contributed by atoms with Crippen LogP contribution in [0.5, 0.6) is 0 Å². The van der Waals surface area contributed by atoms with E-state index in [4.69, 9.17) is 11.6 Å². The number of nitrogens with zero attached hydrogens (tertiary/aromatic N) is 3. The molecular weight excluding hydrogens is 366 g/mol. The van der Waals surface area contributed by atoms with E-state index in [-0.39, 0.29) is 35.3 Å². The fraction of sp³-hybridized carbons (Fsp3) is 0.357. The summed E-state index contributed by atoms with van der Waals surface area (Å²) >= 11 is 5.94. The van der Waals surface area contributed by atoms with E-state index in [1.54, 1.807) is 0 Å². The highest BCUT2D eigenvalue weighted by Gasteiger charge is 2.42. The predicted molar refractivity (Wildman–Crippen MR) is 83.1 cm³/mol. The Morgan fingerprint density at radius 3 is 2.80 bits per heavy atom. The predicted octanol–water partition coefficient (Wildman–Crippen LogP) is 1.96. The molecule has 1 saturated heterocycles. The van der Waals surface area contributed by atoms with Crippen LogP contribution in [0.3, 0.4) is 0 Å². The molecule has 3 heterocycles. The highest BCUT2D eigenvalue weighted by molar-refractivity contribution is 6.32. The lowest BCUT2D eigenvalue weighted by Crippen LogP contribution is -2.57. The van der Waals surface area contributed by atoms with E-state index in [2.05, 4.69) is 20.3 Å². The summed E-state index contributed by atoms with van der Waals surface area (Å²) in [5.41, 5.74) is -0.494. The van der Waals surface area contributed by atoms with Crippen LogP contribution in [-0.2, 0) is 0 Å². The lowest BCUT2D eigenvalue weighted by molar-refractivity contribution is -0.155. The van der Waals surface area contributed by atoms with Gasteiger partial charge in [0.25, 0.3) is 5.56 Å². The van der Waals surface area contributed by atoms with Crippen LogP contribution < -0.4 is 15.8 Å². The Labute approximate surface area is 143 Å². The highest BCUT2D eigenvalue weighted by atomic mass is 35.5. The molecular formula is C14H12ClF4N5O. The summed E-state index contributed by atoms with van der Waals surface area (Å²) < 4.78 is 52.1. The molecule has 2 N–H and O–H groups in total. The van der Waals surface area contributed by atoms with Gasteiger partial charge in [-0.1, -0.05) is 11.6 Å². The second-order valence-corrected chi connectivity index (χ2v) is 5.79. The number of halogens is 5. The van der Waals surface area contributed by atoms with Gasteiger partial charge in [0.2, 0.25) is 5.95 Å². The summed E-state index contributed by atoms with van der Waals surface area (Å²) in [7, 11) is 0. The first-order valence-electron chi connectivity index (χ1n) is 7.22. The molecule has 0 aromatic carbocycles. The fourth-order valence-electron chi connectivity index (χ4n) is 2.50. The van der Waals surface area contributed by atoms with Gasteiger partial charge < -0.3 is 15.2 Å². The van der Waals surface area contributed by atoms with Gasteiger partial charge in [0, 0.05) is 37.5 Å². The van der Waals surface area contributed by atoms with E-state index in [1.807, 2.05) is 0 Å². The Morgan fingerprint density at radius 2 is 2.12 bits per heavy atom. The van der Waals surface area contributed by atoms with Crippen molar-refractivity contribution in [1.29, 1.82) is 0 Å². The maximum Gasteiger partial charge on any atom is 0.405 e. The van der Waals surface area contributed by atoms with E-state index in [0.717, 1.165) is 6.07 Å². The maximum absolute atomic E-state index is 13.3. The molecule has 1 fully saturated rings. The Hall–Kier alpha value is -2.20. The Balaban J connectivity index is 2.00. The van der Waals surface area contributed by atoms with Crippen molar-refractivity contribution in [1.82, 2.24) is 20.3 Å². The molecule has 6 nitrogen and oxygen atoms in total. The number of aromatic nitrogens is 3. The number of hydrogen-bond acceptors (Lipinski definition) is 5. The molecule has 1 aliphatic heterocycles. The van der Waals surface area contributed by atoms with E-state index in [0.29, 0.717) is 0 Å². The molecule has 1 atom stereocenters. The number of nitrogens with one attached hydrogen (secondary N) is 2. The first kappa shape index (κ1) is 17.6. The molecule has 0 saturated carbocycles. The van der Waals surface area contributed by atoms with Crippen molar-refractivity contribution in [3.8, 4) is 11.4 Å². The Bertz CT molecular complexity index is 841. The first-order valence-corrected chi connectivity index (χ1v) is 7.60. The van der Waals surface area contributed by atoms with Gasteiger partial charge in [-0.2, -0.15) is 17.6 Å². The summed E-state index contributed by atoms with van der Waals surface area (Å²) in [6, 6.07) is 0.696. The van der Waals surface area contributed by atoms with Gasteiger partial charge in [-0.25, -0.2) is 9.97 Å². The number of pyridine rings is 1. The van der Waals surface area contributed by atoms with Gasteiger partial charge in [0.1, 0.15) is 16.9 Å². The molecule has 2 aromatic rings. The summed E-state index contributed by atoms with van der Waals surface area (Å²) in [6.45, 7) is -0.203. The average molecular weight is 378 g/mol. The number of H-pyrrole nitrogens is 1. The molecule has 25 heavy (non-hydrogen) atoms. The first-order chi connectivity index (χ1) is 11.8. The normalized spacial score (nSPS) is 18.4. The van der Waals surface area contributed by atoms with E-state index in [9.17, 15) is 22.4 Å². The topological polar surface area (TPSA) is 73.9 Å². The van der Waals surface area contributed by atoms with E-state index in [1.165, 1.54) is 17.2 Å². The van der Waals surface area contributed by atoms with Gasteiger partial charge >= 0.3 is 6.18 Å². The number of hydrogen-bond donors (Lipinski definition) is 2. The molecule has 1 aliphatic rings. The lowest BCUT2D eigenvalue weighted by Gasteiger charge is -2.35. The second-order valence-electron chi connectivity index (χ2n) is 5.41. The van der Waals surface area contributed by atoms with Crippen molar-refractivity contribution in [2.24, 2.45) is 0 Å². The van der Waals surface area contributed by atoms with Crippen molar-refractivity contribution in [2.75, 3.05) is 24.5 Å². The number of piperazine rings is 1. The van der Waals surface area contributed by atoms with Crippen LogP contribution in [0.2, 0.25) is 5.02 Å². The molecule has 0 amide bonds. The monoisotopic (exact) mass is 377 g/mol. The van der Waals surface area contributed by atoms with Gasteiger partial charge in [-0.3, -0.25) is 4.79 Å². The minimum atomic E-state index is -4.44. The number of alkyl halides is 3. The molecule has 0 unspecified atom stereocenters. The van der Waals surface area contributed by atoms with Crippen LogP contribution in [-0.4, -0.2) is 46.8 Å². The van der Waals surface area contributed by atoms with Crippen LogP contribution in [0.1, 0.15) is 0 Å². The third-order valence-electron chi connectivity index (χ3n) is 3.72. The minimum Gasteiger partial charge on any atom is -0.352 e. The molecule has 3 rings (SSSR count). The standard InChI is InChI=1S/C14H12ClF4N5O/c15-10-12(24-4-3-20-8(6-24)14(17,18)19)22-11(23-13(10)25)7-1-2-21-9(16)5-7/h1-2,5,8,20H,3-4,6H2,(H,22,23,25)/t8-/m1/s1. The maximum atomic E-state index is 13.3. The number of anilines is 1. The lowest BCUT2D eigenvalue weighted by atomic mass is 10.2. The molecule has 11 heteroatoms. The number of rotatable bonds is 2. The fourth-order valence-corrected chi connectivity index (χ4v) is 2.71. The van der Waals surface area contributed by atoms with Gasteiger partial charge in [-0.15, -0.1) is 0 Å². The quantitative estimate of drug-likeness (QED) is 0.618. The smallest absolute Gasteiger partial charge is 0.352 e. The van der Waals surface area contributed by atoms with Crippen molar-refractivity contribution in [3.63, 3.8) is 0 Å². The van der Waals surface area contributed by atoms with Crippen LogP contribution >= 0.6 is 11.6 Å². The summed E-state index contributed by atoms with van der Waals surface area (Å²) in [5.74, 6) is -0.864. The molecule has 0 spiro atoms. The summed E-state index contributed by atoms with van der Waals surface area (Å²) in [5, 5.41) is 2.05. The van der Waals surface area contributed by atoms with Crippen molar-refractivity contribution < 1.29 is 17.6 Å². The van der Waals surface area contributed by atoms with E-state index < -0.39 is 30.3 Å². The van der Waals surface area contributed by atoms with Crippen LogP contribution in [0, 0.1) is 5.95 Å². The molecule has 0 radical (unpaired) electrons. The zero-order valence-electron chi connectivity index (χ0n) is 12.6. The molecule has 0 aliphatic carbocycles. The minimum absolute atomic E-state index is 0.00667. The second kappa shape index (κ2) is 6.60. The zero-order valence-corrected chi connectivity index (χ0v) is 13.3. The van der Waals surface area contributed by atoms with Crippen LogP contribution in [0.15, 0.2) is 23.1 Å². The largest absolute Gasteiger partial charge is 0.405 e. The molecule has 134 valence electrons. The molecule has 0 bridgehead atoms. The Kier molecular flexibility index (Phi) is 4.65. The average Bonchev–Trinajstić information content (AvgIpc) is 2.56.